The molecule has 0 bridgehead atoms. The first-order chi connectivity index (χ1) is 9.25. The van der Waals surface area contributed by atoms with E-state index >= 15 is 0 Å². The molecule has 0 unspecified atom stereocenters. The molecule has 0 saturated heterocycles. The summed E-state index contributed by atoms with van der Waals surface area (Å²) in [6, 6.07) is 10.2. The Balaban J connectivity index is 2.31. The van der Waals surface area contributed by atoms with E-state index in [9.17, 15) is 4.79 Å². The quantitative estimate of drug-likeness (QED) is 0.623. The van der Waals surface area contributed by atoms with Crippen LogP contribution >= 0.6 is 0 Å². The summed E-state index contributed by atoms with van der Waals surface area (Å²) in [7, 11) is 0. The Morgan fingerprint density at radius 2 is 2.00 bits per heavy atom. The Kier molecular flexibility index (Phi) is 1.98. The molecule has 19 heavy (non-hydrogen) atoms. The number of hydrogen-bond donors (Lipinski definition) is 1. The molecule has 0 amide bonds. The first-order valence-corrected chi connectivity index (χ1v) is 6.42. The van der Waals surface area contributed by atoms with Crippen LogP contribution in [0.15, 0.2) is 35.1 Å². The van der Waals surface area contributed by atoms with Gasteiger partial charge in [-0.3, -0.25) is 4.57 Å². The van der Waals surface area contributed by atoms with E-state index in [4.69, 9.17) is 0 Å². The lowest BCUT2D eigenvalue weighted by atomic mass is 10.0. The van der Waals surface area contributed by atoms with Crippen molar-refractivity contribution in [3.63, 3.8) is 0 Å². The van der Waals surface area contributed by atoms with Gasteiger partial charge in [-0.15, -0.1) is 0 Å². The van der Waals surface area contributed by atoms with Crippen molar-refractivity contribution >= 4 is 27.5 Å². The highest BCUT2D eigenvalue weighted by Crippen LogP contribution is 2.31. The Morgan fingerprint density at radius 1 is 1.21 bits per heavy atom. The molecule has 0 spiro atoms. The molecule has 3 aromatic rings. The molecule has 0 radical (unpaired) electrons. The van der Waals surface area contributed by atoms with Crippen LogP contribution in [0.5, 0.6) is 0 Å². The van der Waals surface area contributed by atoms with Gasteiger partial charge in [0.25, 0.3) is 0 Å². The SMILES string of the molecule is Cc1cc2c3n(c(=O)nc2c2ccccc12)CCN3. The second-order valence-electron chi connectivity index (χ2n) is 4.96. The third-order valence-corrected chi connectivity index (χ3v) is 3.81. The maximum absolute atomic E-state index is 12.1. The minimum atomic E-state index is -0.165. The molecule has 2 aromatic carbocycles. The minimum Gasteiger partial charge on any atom is -0.369 e. The topological polar surface area (TPSA) is 46.9 Å². The Labute approximate surface area is 109 Å². The molecule has 2 heterocycles. The zero-order chi connectivity index (χ0) is 13.0. The summed E-state index contributed by atoms with van der Waals surface area (Å²) >= 11 is 0. The molecule has 4 rings (SSSR count). The molecular weight excluding hydrogens is 238 g/mol. The van der Waals surface area contributed by atoms with Crippen LogP contribution in [0.3, 0.4) is 0 Å². The van der Waals surface area contributed by atoms with Crippen molar-refractivity contribution in [1.29, 1.82) is 0 Å². The summed E-state index contributed by atoms with van der Waals surface area (Å²) in [5.74, 6) is 0.906. The summed E-state index contributed by atoms with van der Waals surface area (Å²) in [4.78, 5) is 16.3. The van der Waals surface area contributed by atoms with E-state index in [2.05, 4.69) is 29.4 Å². The highest BCUT2D eigenvalue weighted by Gasteiger charge is 2.17. The lowest BCUT2D eigenvalue weighted by Crippen LogP contribution is -2.21. The van der Waals surface area contributed by atoms with Crippen LogP contribution in [0, 0.1) is 6.92 Å². The van der Waals surface area contributed by atoms with E-state index in [-0.39, 0.29) is 5.69 Å². The van der Waals surface area contributed by atoms with E-state index < -0.39 is 0 Å². The van der Waals surface area contributed by atoms with Gasteiger partial charge < -0.3 is 5.32 Å². The molecule has 94 valence electrons. The molecule has 0 aliphatic carbocycles. The van der Waals surface area contributed by atoms with Crippen molar-refractivity contribution in [3.05, 3.63) is 46.4 Å². The number of benzene rings is 2. The number of aromatic nitrogens is 2. The van der Waals surface area contributed by atoms with Crippen LogP contribution in [0.4, 0.5) is 5.82 Å². The van der Waals surface area contributed by atoms with Gasteiger partial charge in [-0.25, -0.2) is 4.79 Å². The number of nitrogens with zero attached hydrogens (tertiary/aromatic N) is 2. The molecule has 1 aromatic heterocycles. The van der Waals surface area contributed by atoms with Gasteiger partial charge in [-0.05, 0) is 23.9 Å². The van der Waals surface area contributed by atoms with Crippen molar-refractivity contribution in [1.82, 2.24) is 9.55 Å². The fourth-order valence-electron chi connectivity index (χ4n) is 2.92. The van der Waals surface area contributed by atoms with Crippen molar-refractivity contribution < 1.29 is 0 Å². The van der Waals surface area contributed by atoms with Crippen molar-refractivity contribution in [2.75, 3.05) is 11.9 Å². The Morgan fingerprint density at radius 3 is 2.84 bits per heavy atom. The van der Waals surface area contributed by atoms with E-state index in [1.165, 1.54) is 5.56 Å². The molecule has 4 nitrogen and oxygen atoms in total. The molecule has 1 aliphatic rings. The maximum Gasteiger partial charge on any atom is 0.349 e. The van der Waals surface area contributed by atoms with Gasteiger partial charge in [0.15, 0.2) is 0 Å². The summed E-state index contributed by atoms with van der Waals surface area (Å²) < 4.78 is 1.72. The Hall–Kier alpha value is -2.36. The first-order valence-electron chi connectivity index (χ1n) is 6.42. The van der Waals surface area contributed by atoms with E-state index in [0.29, 0.717) is 6.54 Å². The third-order valence-electron chi connectivity index (χ3n) is 3.81. The second-order valence-corrected chi connectivity index (χ2v) is 4.96. The number of hydrogen-bond acceptors (Lipinski definition) is 3. The summed E-state index contributed by atoms with van der Waals surface area (Å²) in [5, 5.41) is 6.54. The predicted octanol–water partition coefficient (Wildman–Crippen LogP) is 2.28. The number of rotatable bonds is 0. The average molecular weight is 251 g/mol. The molecular formula is C15H13N3O. The highest BCUT2D eigenvalue weighted by atomic mass is 16.1. The predicted molar refractivity (Wildman–Crippen MR) is 76.7 cm³/mol. The van der Waals surface area contributed by atoms with E-state index in [1.54, 1.807) is 4.57 Å². The van der Waals surface area contributed by atoms with E-state index in [1.807, 2.05) is 18.2 Å². The largest absolute Gasteiger partial charge is 0.369 e. The van der Waals surface area contributed by atoms with Gasteiger partial charge in [-0.1, -0.05) is 24.3 Å². The van der Waals surface area contributed by atoms with Crippen molar-refractivity contribution in [3.8, 4) is 0 Å². The molecule has 0 atom stereocenters. The van der Waals surface area contributed by atoms with Crippen molar-refractivity contribution in [2.24, 2.45) is 0 Å². The minimum absolute atomic E-state index is 0.165. The standard InChI is InChI=1S/C15H13N3O/c1-9-8-12-13(11-5-3-2-4-10(9)11)17-15(19)18-7-6-16-14(12)18/h2-5,8,16H,6-7H2,1H3. The van der Waals surface area contributed by atoms with Gasteiger partial charge >= 0.3 is 5.69 Å². The second kappa shape index (κ2) is 3.57. The fraction of sp³-hybridized carbons (Fsp3) is 0.200. The maximum atomic E-state index is 12.1. The van der Waals surface area contributed by atoms with Crippen LogP contribution in [-0.2, 0) is 6.54 Å². The van der Waals surface area contributed by atoms with Gasteiger partial charge in [0.05, 0.1) is 5.52 Å². The number of nitrogens with one attached hydrogen (secondary N) is 1. The molecule has 0 fully saturated rings. The van der Waals surface area contributed by atoms with Crippen molar-refractivity contribution in [2.45, 2.75) is 13.5 Å². The van der Waals surface area contributed by atoms with Crippen LogP contribution in [-0.4, -0.2) is 16.1 Å². The summed E-state index contributed by atoms with van der Waals surface area (Å²) in [6.07, 6.45) is 0. The van der Waals surface area contributed by atoms with Crippen LogP contribution < -0.4 is 11.0 Å². The number of fused-ring (bicyclic) bond motifs is 5. The van der Waals surface area contributed by atoms with Crippen LogP contribution in [0.2, 0.25) is 0 Å². The van der Waals surface area contributed by atoms with Crippen LogP contribution in [0.1, 0.15) is 5.56 Å². The lowest BCUT2D eigenvalue weighted by molar-refractivity contribution is 0.751. The first kappa shape index (κ1) is 10.6. The van der Waals surface area contributed by atoms with Gasteiger partial charge in [0.1, 0.15) is 5.82 Å². The Bertz CT molecular complexity index is 880. The van der Waals surface area contributed by atoms with E-state index in [0.717, 1.165) is 34.0 Å². The zero-order valence-corrected chi connectivity index (χ0v) is 10.6. The van der Waals surface area contributed by atoms with Gasteiger partial charge in [0, 0.05) is 23.9 Å². The van der Waals surface area contributed by atoms with Gasteiger partial charge in [-0.2, -0.15) is 4.98 Å². The molecule has 0 saturated carbocycles. The van der Waals surface area contributed by atoms with Gasteiger partial charge in [0.2, 0.25) is 0 Å². The average Bonchev–Trinajstić information content (AvgIpc) is 2.91. The smallest absolute Gasteiger partial charge is 0.349 e. The fourth-order valence-corrected chi connectivity index (χ4v) is 2.92. The normalized spacial score (nSPS) is 13.7. The molecule has 1 N–H and O–H groups in total. The lowest BCUT2D eigenvalue weighted by Gasteiger charge is -2.10. The summed E-state index contributed by atoms with van der Waals surface area (Å²) in [6.45, 7) is 3.59. The number of aryl methyl sites for hydroxylation is 1. The monoisotopic (exact) mass is 251 g/mol. The third kappa shape index (κ3) is 1.34. The highest BCUT2D eigenvalue weighted by molar-refractivity contribution is 6.09. The van der Waals surface area contributed by atoms with Crippen LogP contribution in [0.25, 0.3) is 21.7 Å². The molecule has 1 aliphatic heterocycles. The zero-order valence-electron chi connectivity index (χ0n) is 10.6. The molecule has 4 heteroatoms. The number of anilines is 1. The summed E-state index contributed by atoms with van der Waals surface area (Å²) in [5.41, 5.74) is 1.84.